The molecule has 0 fully saturated rings. The second-order valence-corrected chi connectivity index (χ2v) is 6.45. The summed E-state index contributed by atoms with van der Waals surface area (Å²) in [5.41, 5.74) is 5.15. The highest BCUT2D eigenvalue weighted by Gasteiger charge is 2.37. The normalized spacial score (nSPS) is 14.0. The Morgan fingerprint density at radius 1 is 1.06 bits per heavy atom. The largest absolute Gasteiger partial charge is 0.369 e. The van der Waals surface area contributed by atoms with E-state index in [4.69, 9.17) is 5.73 Å². The summed E-state index contributed by atoms with van der Waals surface area (Å²) in [7, 11) is 0. The highest BCUT2D eigenvalue weighted by Crippen LogP contribution is 2.41. The summed E-state index contributed by atoms with van der Waals surface area (Å²) in [4.78, 5) is 11.3. The molecule has 0 aliphatic heterocycles. The van der Waals surface area contributed by atoms with Crippen LogP contribution >= 0.6 is 0 Å². The van der Waals surface area contributed by atoms with Crippen molar-refractivity contribution < 1.29 is 4.79 Å². The highest BCUT2D eigenvalue weighted by atomic mass is 16.1. The number of hydrogen-bond acceptors (Lipinski definition) is 1. The van der Waals surface area contributed by atoms with Crippen molar-refractivity contribution in [1.82, 2.24) is 0 Å². The lowest BCUT2D eigenvalue weighted by Gasteiger charge is -2.39. The number of nitrogens with two attached hydrogens (primary N) is 1. The van der Waals surface area contributed by atoms with Crippen molar-refractivity contribution in [2.75, 3.05) is 0 Å². The molecular weight excluding hydrogens is 210 g/mol. The second kappa shape index (κ2) is 7.03. The topological polar surface area (TPSA) is 43.1 Å². The van der Waals surface area contributed by atoms with Gasteiger partial charge in [-0.3, -0.25) is 4.79 Å². The van der Waals surface area contributed by atoms with E-state index in [0.29, 0.717) is 11.8 Å². The third kappa shape index (κ3) is 6.09. The first kappa shape index (κ1) is 18.8. The Balaban J connectivity index is 0. The van der Waals surface area contributed by atoms with Crippen molar-refractivity contribution in [3.63, 3.8) is 0 Å². The smallest absolute Gasteiger partial charge is 0.223 e. The van der Waals surface area contributed by atoms with Gasteiger partial charge in [0.15, 0.2) is 0 Å². The van der Waals surface area contributed by atoms with Gasteiger partial charge in [-0.15, -0.1) is 0 Å². The zero-order chi connectivity index (χ0) is 14.4. The van der Waals surface area contributed by atoms with Crippen LogP contribution in [0.25, 0.3) is 0 Å². The maximum absolute atomic E-state index is 11.3. The van der Waals surface area contributed by atoms with E-state index in [9.17, 15) is 4.79 Å². The van der Waals surface area contributed by atoms with E-state index in [1.54, 1.807) is 0 Å². The lowest BCUT2D eigenvalue weighted by Crippen LogP contribution is -2.39. The average molecular weight is 243 g/mol. The quantitative estimate of drug-likeness (QED) is 0.771. The van der Waals surface area contributed by atoms with Gasteiger partial charge >= 0.3 is 0 Å². The maximum atomic E-state index is 11.3. The lowest BCUT2D eigenvalue weighted by atomic mass is 9.65. The van der Waals surface area contributed by atoms with Crippen LogP contribution in [0, 0.1) is 22.7 Å². The Hall–Kier alpha value is -0.530. The van der Waals surface area contributed by atoms with Crippen LogP contribution in [0.2, 0.25) is 0 Å². The van der Waals surface area contributed by atoms with Crippen LogP contribution in [0.3, 0.4) is 0 Å². The molecule has 104 valence electrons. The van der Waals surface area contributed by atoms with E-state index in [2.05, 4.69) is 34.6 Å². The van der Waals surface area contributed by atoms with E-state index < -0.39 is 5.41 Å². The molecule has 0 saturated heterocycles. The Morgan fingerprint density at radius 3 is 1.65 bits per heavy atom. The van der Waals surface area contributed by atoms with Crippen molar-refractivity contribution in [3.8, 4) is 0 Å². The van der Waals surface area contributed by atoms with Gasteiger partial charge in [-0.2, -0.15) is 0 Å². The molecule has 2 heteroatoms. The van der Waals surface area contributed by atoms with Crippen LogP contribution in [0.15, 0.2) is 0 Å². The zero-order valence-corrected chi connectivity index (χ0v) is 13.3. The predicted molar refractivity (Wildman–Crippen MR) is 76.7 cm³/mol. The molecule has 17 heavy (non-hydrogen) atoms. The van der Waals surface area contributed by atoms with Gasteiger partial charge in [0.2, 0.25) is 5.91 Å². The number of hydrogen-bond donors (Lipinski definition) is 1. The van der Waals surface area contributed by atoms with Crippen molar-refractivity contribution in [2.45, 2.75) is 68.7 Å². The molecule has 0 aliphatic carbocycles. The zero-order valence-electron chi connectivity index (χ0n) is 13.3. The summed E-state index contributed by atoms with van der Waals surface area (Å²) in [5.74, 6) is 1.01. The fraction of sp³-hybridized carbons (Fsp3) is 0.933. The van der Waals surface area contributed by atoms with Crippen molar-refractivity contribution in [1.29, 1.82) is 0 Å². The molecule has 1 amide bonds. The van der Waals surface area contributed by atoms with Gasteiger partial charge in [0, 0.05) is 5.41 Å². The van der Waals surface area contributed by atoms with Gasteiger partial charge in [0.25, 0.3) is 0 Å². The third-order valence-corrected chi connectivity index (χ3v) is 3.80. The maximum Gasteiger partial charge on any atom is 0.223 e. The number of carbonyl (C=O) groups excluding carboxylic acids is 1. The van der Waals surface area contributed by atoms with Crippen LogP contribution in [0.5, 0.6) is 0 Å². The standard InChI is InChI=1S/C13H27NO.C2H6/c1-9(2)10(3)12(4,5)8-13(6,7)11(14)15;1-2/h9-10H,8H2,1-7H3,(H2,14,15);1-2H3. The molecule has 0 aromatic rings. The molecule has 0 aliphatic rings. The summed E-state index contributed by atoms with van der Waals surface area (Å²) >= 11 is 0. The number of carbonyl (C=O) groups is 1. The van der Waals surface area contributed by atoms with Gasteiger partial charge in [-0.1, -0.05) is 62.3 Å². The summed E-state index contributed by atoms with van der Waals surface area (Å²) in [6, 6.07) is 0. The van der Waals surface area contributed by atoms with Crippen LogP contribution < -0.4 is 5.73 Å². The number of primary amides is 1. The first-order valence-electron chi connectivity index (χ1n) is 6.80. The molecule has 0 rings (SSSR count). The molecule has 0 spiro atoms. The van der Waals surface area contributed by atoms with E-state index in [-0.39, 0.29) is 11.3 Å². The van der Waals surface area contributed by atoms with Gasteiger partial charge < -0.3 is 5.73 Å². The van der Waals surface area contributed by atoms with Crippen molar-refractivity contribution >= 4 is 5.91 Å². The van der Waals surface area contributed by atoms with Gasteiger partial charge in [-0.05, 0) is 23.7 Å². The van der Waals surface area contributed by atoms with Crippen LogP contribution in [-0.4, -0.2) is 5.91 Å². The minimum atomic E-state index is -0.410. The molecule has 0 aromatic heterocycles. The van der Waals surface area contributed by atoms with E-state index in [0.717, 1.165) is 6.42 Å². The van der Waals surface area contributed by atoms with E-state index >= 15 is 0 Å². The molecule has 0 heterocycles. The van der Waals surface area contributed by atoms with Gasteiger partial charge in [-0.25, -0.2) is 0 Å². The Kier molecular flexibility index (Phi) is 7.78. The van der Waals surface area contributed by atoms with Crippen molar-refractivity contribution in [2.24, 2.45) is 28.4 Å². The second-order valence-electron chi connectivity index (χ2n) is 6.45. The SMILES string of the molecule is CC.CC(C)C(C)C(C)(C)CC(C)(C)C(N)=O. The summed E-state index contributed by atoms with van der Waals surface area (Å²) in [6.07, 6.45) is 0.842. The monoisotopic (exact) mass is 243 g/mol. The minimum absolute atomic E-state index is 0.146. The Morgan fingerprint density at radius 2 is 1.41 bits per heavy atom. The third-order valence-electron chi connectivity index (χ3n) is 3.80. The molecular formula is C15H33NO. The van der Waals surface area contributed by atoms with E-state index in [1.165, 1.54) is 0 Å². The first-order valence-corrected chi connectivity index (χ1v) is 6.80. The minimum Gasteiger partial charge on any atom is -0.369 e. The summed E-state index contributed by atoms with van der Waals surface area (Å²) in [5, 5.41) is 0. The fourth-order valence-electron chi connectivity index (χ4n) is 2.29. The molecule has 2 nitrogen and oxygen atoms in total. The van der Waals surface area contributed by atoms with Crippen molar-refractivity contribution in [3.05, 3.63) is 0 Å². The molecule has 0 aromatic carbocycles. The molecule has 2 N–H and O–H groups in total. The van der Waals surface area contributed by atoms with E-state index in [1.807, 2.05) is 27.7 Å². The molecule has 1 atom stereocenters. The summed E-state index contributed by atoms with van der Waals surface area (Å²) in [6.45, 7) is 19.0. The van der Waals surface area contributed by atoms with Crippen LogP contribution in [0.1, 0.15) is 68.7 Å². The highest BCUT2D eigenvalue weighted by molar-refractivity contribution is 5.79. The van der Waals surface area contributed by atoms with Gasteiger partial charge in [0.1, 0.15) is 0 Å². The van der Waals surface area contributed by atoms with Crippen LogP contribution in [-0.2, 0) is 4.79 Å². The summed E-state index contributed by atoms with van der Waals surface area (Å²) < 4.78 is 0. The molecule has 0 radical (unpaired) electrons. The Bertz CT molecular complexity index is 229. The lowest BCUT2D eigenvalue weighted by molar-refractivity contribution is -0.128. The predicted octanol–water partition coefficient (Wildman–Crippen LogP) is 4.23. The number of amides is 1. The molecule has 1 unspecified atom stereocenters. The van der Waals surface area contributed by atoms with Gasteiger partial charge in [0.05, 0.1) is 0 Å². The van der Waals surface area contributed by atoms with Crippen LogP contribution in [0.4, 0.5) is 0 Å². The number of rotatable bonds is 5. The Labute approximate surface area is 108 Å². The molecule has 0 saturated carbocycles. The average Bonchev–Trinajstić information content (AvgIpc) is 2.17. The fourth-order valence-corrected chi connectivity index (χ4v) is 2.29. The first-order chi connectivity index (χ1) is 7.50. The molecule has 0 bridgehead atoms.